The summed E-state index contributed by atoms with van der Waals surface area (Å²) < 4.78 is 0. The fourth-order valence-corrected chi connectivity index (χ4v) is 7.44. The van der Waals surface area contributed by atoms with E-state index >= 15 is 0 Å². The first-order valence-corrected chi connectivity index (χ1v) is 13.3. The Balaban J connectivity index is 1.31. The van der Waals surface area contributed by atoms with Crippen molar-refractivity contribution in [1.29, 1.82) is 0 Å². The second-order valence-corrected chi connectivity index (χ2v) is 11.4. The molecule has 0 aliphatic heterocycles. The van der Waals surface area contributed by atoms with Gasteiger partial charge >= 0.3 is 0 Å². The lowest BCUT2D eigenvalue weighted by Gasteiger charge is -2.56. The minimum absolute atomic E-state index is 0.0337. The quantitative estimate of drug-likeness (QED) is 0.368. The molecule has 0 heterocycles. The van der Waals surface area contributed by atoms with Gasteiger partial charge in [0.05, 0.1) is 11.3 Å². The van der Waals surface area contributed by atoms with Gasteiger partial charge in [-0.1, -0.05) is 38.3 Å². The van der Waals surface area contributed by atoms with Crippen LogP contribution in [0.3, 0.4) is 0 Å². The Morgan fingerprint density at radius 2 is 1.71 bits per heavy atom. The van der Waals surface area contributed by atoms with E-state index in [0.717, 1.165) is 35.5 Å². The average Bonchev–Trinajstić information content (AvgIpc) is 2.71. The molecule has 2 N–H and O–H groups in total. The smallest absolute Gasteiger partial charge is 0.252 e. The Hall–Kier alpha value is -1.49. The molecule has 4 aliphatic rings. The van der Waals surface area contributed by atoms with Crippen molar-refractivity contribution in [1.82, 2.24) is 10.6 Å². The highest BCUT2D eigenvalue weighted by molar-refractivity contribution is 8.00. The molecule has 1 atom stereocenters. The molecular formula is C26H38N2O2S. The molecule has 0 radical (unpaired) electrons. The van der Waals surface area contributed by atoms with Gasteiger partial charge in [0.1, 0.15) is 0 Å². The van der Waals surface area contributed by atoms with Crippen LogP contribution in [0.25, 0.3) is 0 Å². The van der Waals surface area contributed by atoms with Crippen molar-refractivity contribution in [2.75, 3.05) is 5.75 Å². The van der Waals surface area contributed by atoms with Gasteiger partial charge in [0.2, 0.25) is 5.91 Å². The highest BCUT2D eigenvalue weighted by Crippen LogP contribution is 2.55. The molecule has 4 bridgehead atoms. The number of nitrogens with one attached hydrogen (secondary N) is 2. The van der Waals surface area contributed by atoms with Gasteiger partial charge in [-0.2, -0.15) is 0 Å². The summed E-state index contributed by atoms with van der Waals surface area (Å²) in [6.07, 6.45) is 12.2. The predicted molar refractivity (Wildman–Crippen MR) is 127 cm³/mol. The number of carbonyl (C=O) groups excluding carboxylic acids is 2. The molecule has 170 valence electrons. The van der Waals surface area contributed by atoms with Gasteiger partial charge in [-0.3, -0.25) is 9.59 Å². The van der Waals surface area contributed by atoms with E-state index in [1.54, 1.807) is 0 Å². The molecular weight excluding hydrogens is 404 g/mol. The molecule has 0 aromatic heterocycles. The van der Waals surface area contributed by atoms with Crippen LogP contribution in [-0.2, 0) is 4.79 Å². The SMILES string of the molecule is CCCCCC(C)NC(=O)c1ccccc1SCC(=O)NC12CC3CC(CC(C3)C1)C2. The second kappa shape index (κ2) is 9.97. The van der Waals surface area contributed by atoms with Crippen LogP contribution in [-0.4, -0.2) is 29.1 Å². The van der Waals surface area contributed by atoms with Crippen LogP contribution in [0.4, 0.5) is 0 Å². The van der Waals surface area contributed by atoms with Crippen LogP contribution in [0.2, 0.25) is 0 Å². The minimum atomic E-state index is -0.0337. The van der Waals surface area contributed by atoms with E-state index in [1.807, 2.05) is 24.3 Å². The maximum atomic E-state index is 12.9. The van der Waals surface area contributed by atoms with Crippen molar-refractivity contribution >= 4 is 23.6 Å². The molecule has 1 aromatic rings. The third-order valence-electron chi connectivity index (χ3n) is 7.55. The number of rotatable bonds is 10. The number of carbonyl (C=O) groups is 2. The fourth-order valence-electron chi connectivity index (χ4n) is 6.59. The summed E-state index contributed by atoms with van der Waals surface area (Å²) in [5.74, 6) is 2.93. The normalized spacial score (nSPS) is 29.5. The third-order valence-corrected chi connectivity index (χ3v) is 8.62. The van der Waals surface area contributed by atoms with E-state index in [0.29, 0.717) is 11.3 Å². The molecule has 0 spiro atoms. The van der Waals surface area contributed by atoms with Crippen LogP contribution in [0.1, 0.15) is 88.4 Å². The lowest BCUT2D eigenvalue weighted by Crippen LogP contribution is -2.60. The van der Waals surface area contributed by atoms with Gasteiger partial charge in [-0.25, -0.2) is 0 Å². The molecule has 2 amide bonds. The van der Waals surface area contributed by atoms with Crippen LogP contribution in [0.15, 0.2) is 29.2 Å². The summed E-state index contributed by atoms with van der Waals surface area (Å²) in [7, 11) is 0. The van der Waals surface area contributed by atoms with Crippen LogP contribution in [0, 0.1) is 17.8 Å². The number of hydrogen-bond acceptors (Lipinski definition) is 3. The van der Waals surface area contributed by atoms with Crippen molar-refractivity contribution in [3.05, 3.63) is 29.8 Å². The number of unbranched alkanes of at least 4 members (excludes halogenated alkanes) is 2. The molecule has 31 heavy (non-hydrogen) atoms. The zero-order chi connectivity index (χ0) is 21.8. The summed E-state index contributed by atoms with van der Waals surface area (Å²) in [4.78, 5) is 26.6. The summed E-state index contributed by atoms with van der Waals surface area (Å²) in [6, 6.07) is 7.83. The maximum Gasteiger partial charge on any atom is 0.252 e. The molecule has 0 saturated heterocycles. The van der Waals surface area contributed by atoms with Crippen molar-refractivity contribution in [3.63, 3.8) is 0 Å². The molecule has 1 aromatic carbocycles. The lowest BCUT2D eigenvalue weighted by atomic mass is 9.53. The monoisotopic (exact) mass is 442 g/mol. The van der Waals surface area contributed by atoms with E-state index in [9.17, 15) is 9.59 Å². The highest BCUT2D eigenvalue weighted by Gasteiger charge is 2.51. The Morgan fingerprint density at radius 3 is 2.35 bits per heavy atom. The van der Waals surface area contributed by atoms with Crippen LogP contribution in [0.5, 0.6) is 0 Å². The van der Waals surface area contributed by atoms with Gasteiger partial charge in [0.25, 0.3) is 5.91 Å². The van der Waals surface area contributed by atoms with Gasteiger partial charge in [-0.15, -0.1) is 11.8 Å². The van der Waals surface area contributed by atoms with Crippen LogP contribution >= 0.6 is 11.8 Å². The first-order chi connectivity index (χ1) is 15.0. The van der Waals surface area contributed by atoms with E-state index in [2.05, 4.69) is 24.5 Å². The van der Waals surface area contributed by atoms with Gasteiger partial charge in [0.15, 0.2) is 0 Å². The van der Waals surface area contributed by atoms with Crippen molar-refractivity contribution in [2.45, 2.75) is 94.5 Å². The minimum Gasteiger partial charge on any atom is -0.350 e. The standard InChI is InChI=1S/C26H38N2O2S/c1-3-4-5-8-18(2)27-25(30)22-9-6-7-10-23(22)31-17-24(29)28-26-14-19-11-20(15-26)13-21(12-19)16-26/h6-7,9-10,18-21H,3-5,8,11-17H2,1-2H3,(H,27,30)(H,28,29). The molecule has 5 rings (SSSR count). The predicted octanol–water partition coefficient (Wildman–Crippen LogP) is 5.56. The Labute approximate surface area is 191 Å². The van der Waals surface area contributed by atoms with E-state index < -0.39 is 0 Å². The number of hydrogen-bond donors (Lipinski definition) is 2. The first-order valence-electron chi connectivity index (χ1n) is 12.3. The van der Waals surface area contributed by atoms with Crippen molar-refractivity contribution in [3.8, 4) is 0 Å². The topological polar surface area (TPSA) is 58.2 Å². The second-order valence-electron chi connectivity index (χ2n) is 10.4. The van der Waals surface area contributed by atoms with Gasteiger partial charge in [-0.05, 0) is 81.8 Å². The number of thioether (sulfide) groups is 1. The average molecular weight is 443 g/mol. The van der Waals surface area contributed by atoms with Crippen LogP contribution < -0.4 is 10.6 Å². The summed E-state index contributed by atoms with van der Waals surface area (Å²) >= 11 is 1.49. The molecule has 5 heteroatoms. The van der Waals surface area contributed by atoms with Crippen molar-refractivity contribution < 1.29 is 9.59 Å². The highest BCUT2D eigenvalue weighted by atomic mass is 32.2. The molecule has 1 unspecified atom stereocenters. The maximum absolute atomic E-state index is 12.9. The van der Waals surface area contributed by atoms with E-state index in [-0.39, 0.29) is 23.4 Å². The third kappa shape index (κ3) is 5.66. The Kier molecular flexibility index (Phi) is 7.30. The zero-order valence-corrected chi connectivity index (χ0v) is 19.9. The first kappa shape index (κ1) is 22.7. The zero-order valence-electron chi connectivity index (χ0n) is 19.1. The van der Waals surface area contributed by atoms with Gasteiger partial charge < -0.3 is 10.6 Å². The Bertz CT molecular complexity index is 758. The van der Waals surface area contributed by atoms with Gasteiger partial charge in [0, 0.05) is 16.5 Å². The van der Waals surface area contributed by atoms with E-state index in [1.165, 1.54) is 63.1 Å². The number of amides is 2. The van der Waals surface area contributed by atoms with Crippen molar-refractivity contribution in [2.24, 2.45) is 17.8 Å². The summed E-state index contributed by atoms with van der Waals surface area (Å²) in [5.41, 5.74) is 0.731. The largest absolute Gasteiger partial charge is 0.350 e. The summed E-state index contributed by atoms with van der Waals surface area (Å²) in [6.45, 7) is 4.26. The molecule has 4 fully saturated rings. The molecule has 4 aliphatic carbocycles. The molecule has 4 nitrogen and oxygen atoms in total. The summed E-state index contributed by atoms with van der Waals surface area (Å²) in [5, 5.41) is 6.58. The number of benzene rings is 1. The fraction of sp³-hybridized carbons (Fsp3) is 0.692. The Morgan fingerprint density at radius 1 is 1.06 bits per heavy atom. The molecule has 4 saturated carbocycles. The lowest BCUT2D eigenvalue weighted by molar-refractivity contribution is -0.124. The van der Waals surface area contributed by atoms with E-state index in [4.69, 9.17) is 0 Å².